The van der Waals surface area contributed by atoms with Crippen LogP contribution in [0, 0.1) is 5.92 Å². The average Bonchev–Trinajstić information content (AvgIpc) is 3.17. The molecule has 1 N–H and O–H groups in total. The summed E-state index contributed by atoms with van der Waals surface area (Å²) in [5, 5.41) is 0. The maximum atomic E-state index is 13.5. The first-order valence-electron chi connectivity index (χ1n) is 10.6. The summed E-state index contributed by atoms with van der Waals surface area (Å²) in [5.74, 6) is 0.694. The number of ether oxygens (including phenoxy) is 1. The number of hydrogen-bond acceptors (Lipinski definition) is 2. The molecule has 1 saturated heterocycles. The summed E-state index contributed by atoms with van der Waals surface area (Å²) in [6.45, 7) is 6.35. The van der Waals surface area contributed by atoms with Crippen molar-refractivity contribution in [1.29, 1.82) is 0 Å². The molecule has 1 unspecified atom stereocenters. The van der Waals surface area contributed by atoms with E-state index in [1.165, 1.54) is 25.8 Å². The minimum Gasteiger partial charge on any atom is -0.367 e. The zero-order chi connectivity index (χ0) is 19.1. The molecule has 1 heterocycles. The second-order valence-corrected chi connectivity index (χ2v) is 8.02. The SMILES string of the molecule is CC[NH+]1CCC[C@@H]1CN(C[C@H]1CC=CCC1)C(=O)[C@H](OC)c1ccccc1. The molecule has 1 aromatic rings. The number of allylic oxidation sites excluding steroid dienone is 2. The monoisotopic (exact) mass is 371 g/mol. The molecule has 27 heavy (non-hydrogen) atoms. The van der Waals surface area contributed by atoms with Crippen molar-refractivity contribution in [2.24, 2.45) is 5.92 Å². The molecule has 0 radical (unpaired) electrons. The predicted octanol–water partition coefficient (Wildman–Crippen LogP) is 2.63. The molecule has 1 aliphatic heterocycles. The Labute approximate surface area is 164 Å². The number of carbonyl (C=O) groups is 1. The van der Waals surface area contributed by atoms with E-state index in [4.69, 9.17) is 4.74 Å². The highest BCUT2D eigenvalue weighted by molar-refractivity contribution is 5.82. The van der Waals surface area contributed by atoms with Gasteiger partial charge in [0.05, 0.1) is 19.6 Å². The Bertz CT molecular complexity index is 616. The van der Waals surface area contributed by atoms with Crippen LogP contribution in [0.4, 0.5) is 0 Å². The van der Waals surface area contributed by atoms with Crippen LogP contribution in [-0.2, 0) is 9.53 Å². The van der Waals surface area contributed by atoms with Crippen LogP contribution < -0.4 is 4.90 Å². The molecule has 148 valence electrons. The zero-order valence-corrected chi connectivity index (χ0v) is 16.9. The molecule has 4 nitrogen and oxygen atoms in total. The van der Waals surface area contributed by atoms with E-state index >= 15 is 0 Å². The van der Waals surface area contributed by atoms with Crippen molar-refractivity contribution in [2.45, 2.75) is 51.2 Å². The first-order valence-corrected chi connectivity index (χ1v) is 10.6. The molecule has 1 aromatic carbocycles. The van der Waals surface area contributed by atoms with Crippen LogP contribution in [0.15, 0.2) is 42.5 Å². The number of amides is 1. The lowest BCUT2D eigenvalue weighted by molar-refractivity contribution is -0.909. The average molecular weight is 372 g/mol. The predicted molar refractivity (Wildman–Crippen MR) is 109 cm³/mol. The van der Waals surface area contributed by atoms with Crippen LogP contribution >= 0.6 is 0 Å². The Balaban J connectivity index is 1.76. The zero-order valence-electron chi connectivity index (χ0n) is 16.9. The third-order valence-corrected chi connectivity index (χ3v) is 6.25. The second kappa shape index (κ2) is 10.0. The van der Waals surface area contributed by atoms with E-state index in [1.807, 2.05) is 30.3 Å². The van der Waals surface area contributed by atoms with Crippen LogP contribution in [0.2, 0.25) is 0 Å². The molecule has 0 saturated carbocycles. The third-order valence-electron chi connectivity index (χ3n) is 6.25. The minimum absolute atomic E-state index is 0.126. The molecule has 1 amide bonds. The van der Waals surface area contributed by atoms with Crippen LogP contribution in [0.1, 0.15) is 50.7 Å². The third kappa shape index (κ3) is 5.20. The molecular formula is C23H35N2O2+. The van der Waals surface area contributed by atoms with Crippen molar-refractivity contribution < 1.29 is 14.4 Å². The Hall–Kier alpha value is -1.65. The van der Waals surface area contributed by atoms with Gasteiger partial charge in [0.2, 0.25) is 0 Å². The Kier molecular flexibility index (Phi) is 7.48. The molecule has 1 fully saturated rings. The van der Waals surface area contributed by atoms with E-state index in [2.05, 4.69) is 24.0 Å². The maximum Gasteiger partial charge on any atom is 0.256 e. The van der Waals surface area contributed by atoms with E-state index < -0.39 is 6.10 Å². The maximum absolute atomic E-state index is 13.5. The van der Waals surface area contributed by atoms with Crippen LogP contribution in [-0.4, -0.2) is 50.1 Å². The molecule has 4 atom stereocenters. The smallest absolute Gasteiger partial charge is 0.256 e. The highest BCUT2D eigenvalue weighted by Crippen LogP contribution is 2.24. The second-order valence-electron chi connectivity index (χ2n) is 8.02. The van der Waals surface area contributed by atoms with E-state index in [1.54, 1.807) is 12.0 Å². The number of methoxy groups -OCH3 is 1. The fourth-order valence-corrected chi connectivity index (χ4v) is 4.70. The number of benzene rings is 1. The fourth-order valence-electron chi connectivity index (χ4n) is 4.70. The molecule has 4 heteroatoms. The van der Waals surface area contributed by atoms with Crippen molar-refractivity contribution in [2.75, 3.05) is 33.3 Å². The van der Waals surface area contributed by atoms with Gasteiger partial charge in [-0.2, -0.15) is 0 Å². The first-order chi connectivity index (χ1) is 13.2. The number of hydrogen-bond donors (Lipinski definition) is 1. The summed E-state index contributed by atoms with van der Waals surface area (Å²) in [5.41, 5.74) is 0.949. The van der Waals surface area contributed by atoms with Gasteiger partial charge in [-0.15, -0.1) is 0 Å². The van der Waals surface area contributed by atoms with Gasteiger partial charge in [0.15, 0.2) is 6.10 Å². The minimum atomic E-state index is -0.503. The summed E-state index contributed by atoms with van der Waals surface area (Å²) in [7, 11) is 1.65. The molecular weight excluding hydrogens is 336 g/mol. The van der Waals surface area contributed by atoms with Crippen LogP contribution in [0.25, 0.3) is 0 Å². The number of nitrogens with one attached hydrogen (secondary N) is 1. The highest BCUT2D eigenvalue weighted by Gasteiger charge is 2.34. The largest absolute Gasteiger partial charge is 0.367 e. The lowest BCUT2D eigenvalue weighted by Crippen LogP contribution is -3.14. The number of rotatable bonds is 8. The van der Waals surface area contributed by atoms with Crippen molar-refractivity contribution >= 4 is 5.91 Å². The lowest BCUT2D eigenvalue weighted by Gasteiger charge is -2.33. The fraction of sp³-hybridized carbons (Fsp3) is 0.609. The van der Waals surface area contributed by atoms with E-state index in [9.17, 15) is 4.79 Å². The van der Waals surface area contributed by atoms with Gasteiger partial charge >= 0.3 is 0 Å². The van der Waals surface area contributed by atoms with Gasteiger partial charge in [0.1, 0.15) is 6.04 Å². The summed E-state index contributed by atoms with van der Waals surface area (Å²) in [4.78, 5) is 17.3. The Morgan fingerprint density at radius 2 is 2.04 bits per heavy atom. The molecule has 2 aliphatic rings. The van der Waals surface area contributed by atoms with Gasteiger partial charge in [0, 0.05) is 26.5 Å². The quantitative estimate of drug-likeness (QED) is 0.713. The number of nitrogens with zero attached hydrogens (tertiary/aromatic N) is 1. The topological polar surface area (TPSA) is 34.0 Å². The Morgan fingerprint density at radius 1 is 1.22 bits per heavy atom. The van der Waals surface area contributed by atoms with Crippen molar-refractivity contribution in [3.8, 4) is 0 Å². The van der Waals surface area contributed by atoms with E-state index in [0.29, 0.717) is 12.0 Å². The lowest BCUT2D eigenvalue weighted by atomic mass is 9.93. The number of likely N-dealkylation sites (N-methyl/N-ethyl adjacent to an activating group) is 1. The molecule has 0 bridgehead atoms. The van der Waals surface area contributed by atoms with E-state index in [-0.39, 0.29) is 5.91 Å². The van der Waals surface area contributed by atoms with Gasteiger partial charge in [-0.05, 0) is 37.7 Å². The van der Waals surface area contributed by atoms with Crippen LogP contribution in [0.3, 0.4) is 0 Å². The Morgan fingerprint density at radius 3 is 2.70 bits per heavy atom. The summed E-state index contributed by atoms with van der Waals surface area (Å²) >= 11 is 0. The molecule has 1 aliphatic carbocycles. The highest BCUT2D eigenvalue weighted by atomic mass is 16.5. The van der Waals surface area contributed by atoms with Crippen molar-refractivity contribution in [1.82, 2.24) is 4.90 Å². The molecule has 3 rings (SSSR count). The molecule has 0 spiro atoms. The number of likely N-dealkylation sites (tertiary alicyclic amines) is 1. The van der Waals surface area contributed by atoms with Gasteiger partial charge in [0.25, 0.3) is 5.91 Å². The number of carbonyl (C=O) groups excluding carboxylic acids is 1. The van der Waals surface area contributed by atoms with Gasteiger partial charge in [-0.3, -0.25) is 4.79 Å². The van der Waals surface area contributed by atoms with Gasteiger partial charge in [-0.1, -0.05) is 42.5 Å². The summed E-state index contributed by atoms with van der Waals surface area (Å²) in [6, 6.07) is 10.5. The number of quaternary nitrogens is 1. The van der Waals surface area contributed by atoms with Crippen LogP contribution in [0.5, 0.6) is 0 Å². The van der Waals surface area contributed by atoms with Crippen molar-refractivity contribution in [3.05, 3.63) is 48.0 Å². The normalized spacial score (nSPS) is 26.1. The molecule has 0 aromatic heterocycles. The standard InChI is InChI=1S/C23H34N2O2/c1-3-24-16-10-15-21(24)18-25(17-19-11-6-4-7-12-19)23(26)22(27-2)20-13-8-5-9-14-20/h4-6,8-9,13-14,19,21-22H,3,7,10-12,15-18H2,1-2H3/p+1/t19-,21+,22+/m0/s1. The van der Waals surface area contributed by atoms with Gasteiger partial charge in [-0.25, -0.2) is 0 Å². The van der Waals surface area contributed by atoms with Gasteiger partial charge < -0.3 is 14.5 Å². The first kappa shape index (κ1) is 20.1. The van der Waals surface area contributed by atoms with E-state index in [0.717, 1.165) is 38.0 Å². The van der Waals surface area contributed by atoms with Crippen molar-refractivity contribution in [3.63, 3.8) is 0 Å². The summed E-state index contributed by atoms with van der Waals surface area (Å²) < 4.78 is 5.67. The summed E-state index contributed by atoms with van der Waals surface area (Å²) in [6.07, 6.45) is 9.94.